The number of rotatable bonds is 4. The molecule has 2 heterocycles. The van der Waals surface area contributed by atoms with Crippen molar-refractivity contribution < 1.29 is 14.3 Å². The number of methoxy groups -OCH3 is 1. The van der Waals surface area contributed by atoms with Gasteiger partial charge in [0.15, 0.2) is 0 Å². The van der Waals surface area contributed by atoms with Crippen LogP contribution in [-0.2, 0) is 16.1 Å². The normalized spacial score (nSPS) is 9.80. The highest BCUT2D eigenvalue weighted by Gasteiger charge is 2.15. The van der Waals surface area contributed by atoms with Gasteiger partial charge in [0.2, 0.25) is 5.91 Å². The molecular formula is C11H9N5O3S. The van der Waals surface area contributed by atoms with Gasteiger partial charge in [-0.25, -0.2) is 14.5 Å². The van der Waals surface area contributed by atoms with Gasteiger partial charge in [-0.05, 0) is 11.4 Å². The van der Waals surface area contributed by atoms with Crippen LogP contribution in [0.2, 0.25) is 0 Å². The van der Waals surface area contributed by atoms with E-state index in [9.17, 15) is 9.59 Å². The Labute approximate surface area is 117 Å². The molecule has 0 saturated carbocycles. The van der Waals surface area contributed by atoms with Gasteiger partial charge >= 0.3 is 5.97 Å². The molecule has 0 spiro atoms. The van der Waals surface area contributed by atoms with Gasteiger partial charge in [-0.3, -0.25) is 4.79 Å². The van der Waals surface area contributed by atoms with Gasteiger partial charge in [-0.2, -0.15) is 5.26 Å². The van der Waals surface area contributed by atoms with Crippen LogP contribution >= 0.6 is 11.3 Å². The second-order valence-corrected chi connectivity index (χ2v) is 4.50. The standard InChI is InChI=1S/C11H9N5O3S/c1-19-11(18)10-7(2-3-20-10)14-9(17)5-16-6-13-8(4-12)15-16/h2-3,6H,5H2,1H3,(H,14,17). The van der Waals surface area contributed by atoms with Crippen LogP contribution in [-0.4, -0.2) is 33.8 Å². The third-order valence-corrected chi connectivity index (χ3v) is 3.15. The Bertz CT molecular complexity index is 684. The Hall–Kier alpha value is -2.73. The molecule has 2 aromatic rings. The van der Waals surface area contributed by atoms with Crippen molar-refractivity contribution in [3.8, 4) is 6.07 Å². The molecule has 0 aliphatic rings. The molecule has 0 aliphatic carbocycles. The molecule has 8 nitrogen and oxygen atoms in total. The fourth-order valence-corrected chi connectivity index (χ4v) is 2.18. The van der Waals surface area contributed by atoms with Crippen molar-refractivity contribution in [3.63, 3.8) is 0 Å². The zero-order valence-corrected chi connectivity index (χ0v) is 11.2. The molecule has 0 saturated heterocycles. The highest BCUT2D eigenvalue weighted by atomic mass is 32.1. The number of thiophene rings is 1. The van der Waals surface area contributed by atoms with Crippen molar-refractivity contribution in [1.29, 1.82) is 5.26 Å². The number of hydrogen-bond donors (Lipinski definition) is 1. The lowest BCUT2D eigenvalue weighted by Crippen LogP contribution is -2.20. The maximum Gasteiger partial charge on any atom is 0.350 e. The monoisotopic (exact) mass is 291 g/mol. The SMILES string of the molecule is COC(=O)c1sccc1NC(=O)Cn1cnc(C#N)n1. The number of nitriles is 1. The van der Waals surface area contributed by atoms with E-state index in [2.05, 4.69) is 20.1 Å². The zero-order valence-electron chi connectivity index (χ0n) is 10.4. The quantitative estimate of drug-likeness (QED) is 0.827. The van der Waals surface area contributed by atoms with Gasteiger partial charge in [-0.1, -0.05) is 0 Å². The summed E-state index contributed by atoms with van der Waals surface area (Å²) in [5.41, 5.74) is 0.382. The van der Waals surface area contributed by atoms with E-state index in [4.69, 9.17) is 5.26 Å². The number of ether oxygens (including phenoxy) is 1. The minimum absolute atomic E-state index is 0.0106. The highest BCUT2D eigenvalue weighted by molar-refractivity contribution is 7.12. The first-order valence-electron chi connectivity index (χ1n) is 5.39. The summed E-state index contributed by atoms with van der Waals surface area (Å²) in [6.45, 7) is -0.106. The summed E-state index contributed by atoms with van der Waals surface area (Å²) >= 11 is 1.17. The number of carbonyl (C=O) groups is 2. The minimum atomic E-state index is -0.511. The third kappa shape index (κ3) is 2.99. The van der Waals surface area contributed by atoms with Crippen LogP contribution in [0.15, 0.2) is 17.8 Å². The van der Waals surface area contributed by atoms with Gasteiger partial charge in [0, 0.05) is 0 Å². The maximum atomic E-state index is 11.8. The van der Waals surface area contributed by atoms with E-state index in [-0.39, 0.29) is 18.3 Å². The summed E-state index contributed by atoms with van der Waals surface area (Å²) in [4.78, 5) is 27.3. The molecule has 102 valence electrons. The molecule has 1 N–H and O–H groups in total. The Morgan fingerprint density at radius 3 is 3.05 bits per heavy atom. The van der Waals surface area contributed by atoms with E-state index in [0.717, 1.165) is 0 Å². The van der Waals surface area contributed by atoms with Crippen molar-refractivity contribution >= 4 is 28.9 Å². The lowest BCUT2D eigenvalue weighted by atomic mass is 10.4. The zero-order chi connectivity index (χ0) is 14.5. The predicted molar refractivity (Wildman–Crippen MR) is 69.0 cm³/mol. The molecule has 20 heavy (non-hydrogen) atoms. The number of nitrogens with zero attached hydrogens (tertiary/aromatic N) is 4. The molecule has 0 aromatic carbocycles. The summed E-state index contributed by atoms with van der Waals surface area (Å²) in [5, 5.41) is 16.6. The molecule has 0 radical (unpaired) electrons. The molecule has 0 bridgehead atoms. The average molecular weight is 291 g/mol. The number of hydrogen-bond acceptors (Lipinski definition) is 7. The first-order valence-corrected chi connectivity index (χ1v) is 6.27. The maximum absolute atomic E-state index is 11.8. The summed E-state index contributed by atoms with van der Waals surface area (Å²) in [7, 11) is 1.27. The first kappa shape index (κ1) is 13.7. The average Bonchev–Trinajstić information content (AvgIpc) is 3.07. The Balaban J connectivity index is 2.03. The van der Waals surface area contributed by atoms with E-state index in [1.165, 1.54) is 29.5 Å². The molecule has 2 rings (SSSR count). The van der Waals surface area contributed by atoms with Crippen LogP contribution in [0.5, 0.6) is 0 Å². The Kier molecular flexibility index (Phi) is 4.07. The number of anilines is 1. The minimum Gasteiger partial charge on any atom is -0.465 e. The molecule has 9 heteroatoms. The number of aromatic nitrogens is 3. The largest absolute Gasteiger partial charge is 0.465 e. The molecular weight excluding hydrogens is 282 g/mol. The van der Waals surface area contributed by atoms with Gasteiger partial charge in [0.25, 0.3) is 5.82 Å². The fraction of sp³-hybridized carbons (Fsp3) is 0.182. The predicted octanol–water partition coefficient (Wildman–Crippen LogP) is 0.637. The Morgan fingerprint density at radius 1 is 1.60 bits per heavy atom. The van der Waals surface area contributed by atoms with E-state index in [0.29, 0.717) is 10.6 Å². The van der Waals surface area contributed by atoms with Crippen LogP contribution in [0.25, 0.3) is 0 Å². The highest BCUT2D eigenvalue weighted by Crippen LogP contribution is 2.22. The summed E-state index contributed by atoms with van der Waals surface area (Å²) in [6.07, 6.45) is 1.28. The fourth-order valence-electron chi connectivity index (χ4n) is 1.42. The van der Waals surface area contributed by atoms with Crippen molar-refractivity contribution in [2.45, 2.75) is 6.54 Å². The van der Waals surface area contributed by atoms with Crippen molar-refractivity contribution in [2.24, 2.45) is 0 Å². The van der Waals surface area contributed by atoms with E-state index < -0.39 is 5.97 Å². The van der Waals surface area contributed by atoms with Gasteiger partial charge in [-0.15, -0.1) is 16.4 Å². The number of nitrogens with one attached hydrogen (secondary N) is 1. The van der Waals surface area contributed by atoms with E-state index in [1.807, 2.05) is 0 Å². The summed E-state index contributed by atoms with van der Waals surface area (Å²) < 4.78 is 5.84. The Morgan fingerprint density at radius 2 is 2.40 bits per heavy atom. The topological polar surface area (TPSA) is 110 Å². The van der Waals surface area contributed by atoms with Crippen LogP contribution in [0.4, 0.5) is 5.69 Å². The number of carbonyl (C=O) groups excluding carboxylic acids is 2. The molecule has 1 amide bonds. The van der Waals surface area contributed by atoms with Crippen LogP contribution in [0.1, 0.15) is 15.5 Å². The summed E-state index contributed by atoms with van der Waals surface area (Å²) in [5.74, 6) is -0.908. The van der Waals surface area contributed by atoms with Crippen LogP contribution in [0.3, 0.4) is 0 Å². The smallest absolute Gasteiger partial charge is 0.350 e. The van der Waals surface area contributed by atoms with Gasteiger partial charge in [0.1, 0.15) is 23.8 Å². The third-order valence-electron chi connectivity index (χ3n) is 2.25. The molecule has 0 unspecified atom stereocenters. The second kappa shape index (κ2) is 5.94. The molecule has 0 atom stereocenters. The number of amides is 1. The van der Waals surface area contributed by atoms with Crippen LogP contribution in [0, 0.1) is 11.3 Å². The molecule has 0 fully saturated rings. The number of esters is 1. The summed E-state index contributed by atoms with van der Waals surface area (Å²) in [6, 6.07) is 3.37. The van der Waals surface area contributed by atoms with E-state index >= 15 is 0 Å². The van der Waals surface area contributed by atoms with Gasteiger partial charge in [0.05, 0.1) is 12.8 Å². The van der Waals surface area contributed by atoms with E-state index in [1.54, 1.807) is 17.5 Å². The van der Waals surface area contributed by atoms with Crippen molar-refractivity contribution in [1.82, 2.24) is 14.8 Å². The van der Waals surface area contributed by atoms with Crippen molar-refractivity contribution in [3.05, 3.63) is 28.5 Å². The lowest BCUT2D eigenvalue weighted by Gasteiger charge is -2.05. The first-order chi connectivity index (χ1) is 9.63. The molecule has 2 aromatic heterocycles. The second-order valence-electron chi connectivity index (χ2n) is 3.58. The lowest BCUT2D eigenvalue weighted by molar-refractivity contribution is -0.116. The van der Waals surface area contributed by atoms with Gasteiger partial charge < -0.3 is 10.1 Å². The van der Waals surface area contributed by atoms with Crippen LogP contribution < -0.4 is 5.32 Å². The van der Waals surface area contributed by atoms with Crippen molar-refractivity contribution in [2.75, 3.05) is 12.4 Å². The molecule has 0 aliphatic heterocycles.